The van der Waals surface area contributed by atoms with Gasteiger partial charge in [-0.3, -0.25) is 4.99 Å². The molecule has 2 aromatic carbocycles. The maximum Gasteiger partial charge on any atom is 0.167 e. The van der Waals surface area contributed by atoms with E-state index in [-0.39, 0.29) is 5.82 Å². The molecule has 0 aliphatic carbocycles. The van der Waals surface area contributed by atoms with E-state index >= 15 is 0 Å². The Kier molecular flexibility index (Phi) is 5.16. The first-order valence-corrected chi connectivity index (χ1v) is 8.58. The first-order chi connectivity index (χ1) is 12.5. The molecule has 0 spiro atoms. The predicted octanol–water partition coefficient (Wildman–Crippen LogP) is 5.61. The highest BCUT2D eigenvalue weighted by Gasteiger charge is 2.13. The maximum atomic E-state index is 13.1. The predicted molar refractivity (Wildman–Crippen MR) is 104 cm³/mol. The summed E-state index contributed by atoms with van der Waals surface area (Å²) in [5, 5.41) is 7.50. The summed E-state index contributed by atoms with van der Waals surface area (Å²) in [6, 6.07) is 12.3. The van der Waals surface area contributed by atoms with E-state index in [9.17, 15) is 4.39 Å². The molecule has 0 radical (unpaired) electrons. The van der Waals surface area contributed by atoms with Gasteiger partial charge in [-0.15, -0.1) is 0 Å². The van der Waals surface area contributed by atoms with E-state index in [0.717, 1.165) is 40.2 Å². The monoisotopic (exact) mass is 351 g/mol. The number of nitrogens with zero attached hydrogens (tertiary/aromatic N) is 2. The van der Waals surface area contributed by atoms with Crippen molar-refractivity contribution in [1.29, 1.82) is 0 Å². The minimum Gasteiger partial charge on any atom is -0.356 e. The minimum atomic E-state index is -0.269. The highest BCUT2D eigenvalue weighted by molar-refractivity contribution is 5.96. The molecule has 3 rings (SSSR count). The zero-order valence-corrected chi connectivity index (χ0v) is 15.4. The van der Waals surface area contributed by atoms with Crippen molar-refractivity contribution < 1.29 is 8.91 Å². The van der Waals surface area contributed by atoms with Crippen LogP contribution in [-0.4, -0.2) is 18.0 Å². The van der Waals surface area contributed by atoms with Gasteiger partial charge in [-0.1, -0.05) is 12.1 Å². The third-order valence-corrected chi connectivity index (χ3v) is 4.37. The van der Waals surface area contributed by atoms with Crippen molar-refractivity contribution in [2.75, 3.05) is 12.4 Å². The molecule has 0 aliphatic heterocycles. The number of hydrogen-bond acceptors (Lipinski definition) is 3. The average molecular weight is 351 g/mol. The van der Waals surface area contributed by atoms with Crippen LogP contribution in [0, 0.1) is 19.7 Å². The number of hydrogen-bond donors (Lipinski definition) is 1. The van der Waals surface area contributed by atoms with Gasteiger partial charge >= 0.3 is 0 Å². The second kappa shape index (κ2) is 7.52. The molecule has 0 saturated carbocycles. The summed E-state index contributed by atoms with van der Waals surface area (Å²) in [7, 11) is 1.79. The van der Waals surface area contributed by atoms with E-state index in [0.29, 0.717) is 11.5 Å². The molecular weight excluding hydrogens is 329 g/mol. The van der Waals surface area contributed by atoms with Gasteiger partial charge in [0.1, 0.15) is 17.3 Å². The summed E-state index contributed by atoms with van der Waals surface area (Å²) in [6.45, 7) is 6.15. The Morgan fingerprint density at radius 3 is 2.50 bits per heavy atom. The van der Waals surface area contributed by atoms with Crippen LogP contribution in [0.5, 0.6) is 0 Å². The Bertz CT molecular complexity index is 942. The van der Waals surface area contributed by atoms with Gasteiger partial charge in [0.2, 0.25) is 0 Å². The molecular formula is C21H22FN3O. The highest BCUT2D eigenvalue weighted by atomic mass is 19.1. The molecule has 0 aliphatic rings. The molecule has 4 nitrogen and oxygen atoms in total. The van der Waals surface area contributed by atoms with E-state index in [4.69, 9.17) is 4.52 Å². The summed E-state index contributed by atoms with van der Waals surface area (Å²) in [4.78, 5) is 4.25. The van der Waals surface area contributed by atoms with E-state index in [1.807, 2.05) is 19.9 Å². The Morgan fingerprint density at radius 1 is 1.12 bits per heavy atom. The third kappa shape index (κ3) is 3.67. The largest absolute Gasteiger partial charge is 0.356 e. The van der Waals surface area contributed by atoms with Gasteiger partial charge < -0.3 is 9.84 Å². The van der Waals surface area contributed by atoms with Crippen molar-refractivity contribution >= 4 is 11.5 Å². The maximum absolute atomic E-state index is 13.1. The van der Waals surface area contributed by atoms with Crippen LogP contribution in [0.2, 0.25) is 0 Å². The molecule has 0 saturated heterocycles. The van der Waals surface area contributed by atoms with Gasteiger partial charge in [-0.05, 0) is 61.4 Å². The summed E-state index contributed by atoms with van der Waals surface area (Å²) < 4.78 is 18.6. The van der Waals surface area contributed by atoms with Crippen molar-refractivity contribution in [3.8, 4) is 22.6 Å². The zero-order valence-electron chi connectivity index (χ0n) is 15.4. The molecule has 1 heterocycles. The fourth-order valence-electron chi connectivity index (χ4n) is 2.83. The number of aliphatic imine (C=N–C) groups is 1. The lowest BCUT2D eigenvalue weighted by Gasteiger charge is -2.13. The SMILES string of the molecule is CCC(=NC)Nc1cc(C)c(-c2cc(-c3ccc(F)cc3)no2)cc1C. The van der Waals surface area contributed by atoms with Gasteiger partial charge in [0.15, 0.2) is 5.76 Å². The topological polar surface area (TPSA) is 50.4 Å². The summed E-state index contributed by atoms with van der Waals surface area (Å²) >= 11 is 0. The van der Waals surface area contributed by atoms with Gasteiger partial charge in [0, 0.05) is 36.3 Å². The van der Waals surface area contributed by atoms with Gasteiger partial charge in [-0.2, -0.15) is 0 Å². The molecule has 5 heteroatoms. The number of anilines is 1. The molecule has 3 aromatic rings. The Hall–Kier alpha value is -2.95. The van der Waals surface area contributed by atoms with Crippen LogP contribution in [0.15, 0.2) is 52.0 Å². The second-order valence-corrected chi connectivity index (χ2v) is 6.21. The average Bonchev–Trinajstić information content (AvgIpc) is 3.12. The van der Waals surface area contributed by atoms with Crippen LogP contribution in [-0.2, 0) is 0 Å². The number of benzene rings is 2. The first-order valence-electron chi connectivity index (χ1n) is 8.58. The normalized spacial score (nSPS) is 11.7. The van der Waals surface area contributed by atoms with Crippen LogP contribution in [0.3, 0.4) is 0 Å². The van der Waals surface area contributed by atoms with Crippen molar-refractivity contribution in [3.63, 3.8) is 0 Å². The van der Waals surface area contributed by atoms with Crippen molar-refractivity contribution in [2.45, 2.75) is 27.2 Å². The van der Waals surface area contributed by atoms with Crippen molar-refractivity contribution in [3.05, 3.63) is 59.4 Å². The molecule has 0 atom stereocenters. The molecule has 1 aromatic heterocycles. The highest BCUT2D eigenvalue weighted by Crippen LogP contribution is 2.31. The molecule has 0 unspecified atom stereocenters. The lowest BCUT2D eigenvalue weighted by Crippen LogP contribution is -2.11. The Morgan fingerprint density at radius 2 is 1.85 bits per heavy atom. The minimum absolute atomic E-state index is 0.269. The number of amidine groups is 1. The van der Waals surface area contributed by atoms with Crippen LogP contribution in [0.25, 0.3) is 22.6 Å². The molecule has 0 fully saturated rings. The quantitative estimate of drug-likeness (QED) is 0.490. The van der Waals surface area contributed by atoms with E-state index in [1.54, 1.807) is 19.2 Å². The van der Waals surface area contributed by atoms with E-state index in [1.165, 1.54) is 12.1 Å². The van der Waals surface area contributed by atoms with Crippen LogP contribution in [0.4, 0.5) is 10.1 Å². The molecule has 0 amide bonds. The fourth-order valence-corrected chi connectivity index (χ4v) is 2.83. The first kappa shape index (κ1) is 17.9. The molecule has 134 valence electrons. The number of nitrogens with one attached hydrogen (secondary N) is 1. The fraction of sp³-hybridized carbons (Fsp3) is 0.238. The number of rotatable bonds is 4. The van der Waals surface area contributed by atoms with Gasteiger partial charge in [0.05, 0.1) is 0 Å². The number of aryl methyl sites for hydroxylation is 2. The molecule has 0 bridgehead atoms. The van der Waals surface area contributed by atoms with Crippen LogP contribution in [0.1, 0.15) is 24.5 Å². The lowest BCUT2D eigenvalue weighted by molar-refractivity contribution is 0.434. The van der Waals surface area contributed by atoms with Crippen molar-refractivity contribution in [1.82, 2.24) is 5.16 Å². The zero-order chi connectivity index (χ0) is 18.7. The molecule has 1 N–H and O–H groups in total. The number of halogens is 1. The smallest absolute Gasteiger partial charge is 0.167 e. The van der Waals surface area contributed by atoms with Crippen LogP contribution >= 0.6 is 0 Å². The summed E-state index contributed by atoms with van der Waals surface area (Å²) in [6.07, 6.45) is 0.847. The van der Waals surface area contributed by atoms with E-state index in [2.05, 4.69) is 34.5 Å². The number of aromatic nitrogens is 1. The van der Waals surface area contributed by atoms with Gasteiger partial charge in [0.25, 0.3) is 0 Å². The van der Waals surface area contributed by atoms with Crippen molar-refractivity contribution in [2.24, 2.45) is 4.99 Å². The Balaban J connectivity index is 1.93. The lowest BCUT2D eigenvalue weighted by atomic mass is 10.0. The molecule has 26 heavy (non-hydrogen) atoms. The standard InChI is InChI=1S/C21H22FN3O/c1-5-21(23-4)24-18-11-13(2)17(10-14(18)3)20-12-19(25-26-20)15-6-8-16(22)9-7-15/h6-12H,5H2,1-4H3,(H,23,24). The third-order valence-electron chi connectivity index (χ3n) is 4.37. The van der Waals surface area contributed by atoms with Crippen LogP contribution < -0.4 is 5.32 Å². The second-order valence-electron chi connectivity index (χ2n) is 6.21. The summed E-state index contributed by atoms with van der Waals surface area (Å²) in [5.41, 5.74) is 5.70. The summed E-state index contributed by atoms with van der Waals surface area (Å²) in [5.74, 6) is 1.36. The Labute approximate surface area is 152 Å². The van der Waals surface area contributed by atoms with E-state index < -0.39 is 0 Å². The van der Waals surface area contributed by atoms with Gasteiger partial charge in [-0.25, -0.2) is 4.39 Å².